The SMILES string of the molecule is Fc1ccc(-c2ccc(N3CCCC(c4nc(-c5cccc(F)c5)no4)C3)nn2)cc1. The van der Waals surface area contributed by atoms with Gasteiger partial charge in [-0.15, -0.1) is 10.2 Å². The third-order valence-corrected chi connectivity index (χ3v) is 5.41. The Morgan fingerprint density at radius 1 is 0.903 bits per heavy atom. The molecule has 31 heavy (non-hydrogen) atoms. The maximum absolute atomic E-state index is 13.5. The minimum Gasteiger partial charge on any atom is -0.354 e. The Balaban J connectivity index is 1.31. The molecule has 0 N–H and O–H groups in total. The number of anilines is 1. The predicted molar refractivity (Wildman–Crippen MR) is 111 cm³/mol. The van der Waals surface area contributed by atoms with Crippen molar-refractivity contribution in [3.8, 4) is 22.6 Å². The van der Waals surface area contributed by atoms with Gasteiger partial charge in [-0.3, -0.25) is 0 Å². The molecule has 5 rings (SSSR count). The van der Waals surface area contributed by atoms with E-state index in [1.54, 1.807) is 24.3 Å². The Labute approximate surface area is 177 Å². The molecular formula is C23H19F2N5O. The summed E-state index contributed by atoms with van der Waals surface area (Å²) in [4.78, 5) is 6.64. The van der Waals surface area contributed by atoms with Gasteiger partial charge in [0.15, 0.2) is 5.82 Å². The summed E-state index contributed by atoms with van der Waals surface area (Å²) in [6.45, 7) is 1.53. The number of benzene rings is 2. The van der Waals surface area contributed by atoms with Gasteiger partial charge < -0.3 is 9.42 Å². The molecular weight excluding hydrogens is 400 g/mol. The fourth-order valence-electron chi connectivity index (χ4n) is 3.80. The van der Waals surface area contributed by atoms with E-state index < -0.39 is 0 Å². The standard InChI is InChI=1S/C23H19F2N5O/c24-18-8-6-15(7-9-18)20-10-11-21(28-27-20)30-12-2-4-17(14-30)23-26-22(29-31-23)16-3-1-5-19(25)13-16/h1,3,5-11,13,17H,2,4,12,14H2. The monoisotopic (exact) mass is 419 g/mol. The molecule has 156 valence electrons. The molecule has 0 bridgehead atoms. The minimum atomic E-state index is -0.338. The maximum atomic E-state index is 13.5. The van der Waals surface area contributed by atoms with Crippen LogP contribution < -0.4 is 4.90 Å². The quantitative estimate of drug-likeness (QED) is 0.471. The molecule has 6 nitrogen and oxygen atoms in total. The Morgan fingerprint density at radius 2 is 1.77 bits per heavy atom. The lowest BCUT2D eigenvalue weighted by molar-refractivity contribution is 0.333. The van der Waals surface area contributed by atoms with E-state index in [4.69, 9.17) is 4.52 Å². The van der Waals surface area contributed by atoms with Crippen LogP contribution >= 0.6 is 0 Å². The average molecular weight is 419 g/mol. The maximum Gasteiger partial charge on any atom is 0.231 e. The topological polar surface area (TPSA) is 67.9 Å². The number of piperidine rings is 1. The first-order valence-electron chi connectivity index (χ1n) is 10.1. The molecule has 2 aromatic heterocycles. The van der Waals surface area contributed by atoms with E-state index in [-0.39, 0.29) is 17.6 Å². The number of hydrogen-bond donors (Lipinski definition) is 0. The Bertz CT molecular complexity index is 1180. The zero-order valence-electron chi connectivity index (χ0n) is 16.6. The van der Waals surface area contributed by atoms with Gasteiger partial charge in [0.2, 0.25) is 11.7 Å². The molecule has 4 aromatic rings. The highest BCUT2D eigenvalue weighted by atomic mass is 19.1. The van der Waals surface area contributed by atoms with E-state index in [1.165, 1.54) is 24.3 Å². The molecule has 0 aliphatic carbocycles. The van der Waals surface area contributed by atoms with Gasteiger partial charge >= 0.3 is 0 Å². The van der Waals surface area contributed by atoms with Gasteiger partial charge in [0.1, 0.15) is 11.6 Å². The number of hydrogen-bond acceptors (Lipinski definition) is 6. The van der Waals surface area contributed by atoms with E-state index in [0.29, 0.717) is 29.5 Å². The van der Waals surface area contributed by atoms with Crippen molar-refractivity contribution in [2.75, 3.05) is 18.0 Å². The zero-order valence-corrected chi connectivity index (χ0v) is 16.6. The molecule has 1 atom stereocenters. The smallest absolute Gasteiger partial charge is 0.231 e. The largest absolute Gasteiger partial charge is 0.354 e. The van der Waals surface area contributed by atoms with Crippen LogP contribution in [0, 0.1) is 11.6 Å². The molecule has 1 aliphatic rings. The van der Waals surface area contributed by atoms with Gasteiger partial charge in [0.05, 0.1) is 11.6 Å². The highest BCUT2D eigenvalue weighted by molar-refractivity contribution is 5.59. The van der Waals surface area contributed by atoms with Crippen molar-refractivity contribution in [1.82, 2.24) is 20.3 Å². The molecule has 0 spiro atoms. The first-order valence-corrected chi connectivity index (χ1v) is 10.1. The van der Waals surface area contributed by atoms with Crippen LogP contribution in [0.2, 0.25) is 0 Å². The van der Waals surface area contributed by atoms with Crippen LogP contribution in [0.15, 0.2) is 65.2 Å². The fourth-order valence-corrected chi connectivity index (χ4v) is 3.80. The third kappa shape index (κ3) is 4.14. The van der Waals surface area contributed by atoms with Crippen molar-refractivity contribution in [2.24, 2.45) is 0 Å². The Kier molecular flexibility index (Phi) is 5.11. The van der Waals surface area contributed by atoms with Gasteiger partial charge in [-0.2, -0.15) is 4.98 Å². The van der Waals surface area contributed by atoms with Crippen molar-refractivity contribution in [3.63, 3.8) is 0 Å². The minimum absolute atomic E-state index is 0.0575. The molecule has 8 heteroatoms. The van der Waals surface area contributed by atoms with Crippen molar-refractivity contribution in [2.45, 2.75) is 18.8 Å². The normalized spacial score (nSPS) is 16.5. The van der Waals surface area contributed by atoms with Crippen molar-refractivity contribution in [3.05, 3.63) is 78.2 Å². The van der Waals surface area contributed by atoms with Gasteiger partial charge in [0, 0.05) is 24.2 Å². The van der Waals surface area contributed by atoms with E-state index in [0.717, 1.165) is 30.8 Å². The molecule has 1 fully saturated rings. The third-order valence-electron chi connectivity index (χ3n) is 5.41. The number of rotatable bonds is 4. The van der Waals surface area contributed by atoms with Crippen molar-refractivity contribution < 1.29 is 13.3 Å². The summed E-state index contributed by atoms with van der Waals surface area (Å²) < 4.78 is 32.1. The summed E-state index contributed by atoms with van der Waals surface area (Å²) in [5.41, 5.74) is 2.09. The molecule has 1 aliphatic heterocycles. The summed E-state index contributed by atoms with van der Waals surface area (Å²) in [6.07, 6.45) is 1.87. The van der Waals surface area contributed by atoms with Crippen molar-refractivity contribution >= 4 is 5.82 Å². The highest BCUT2D eigenvalue weighted by Crippen LogP contribution is 2.30. The second-order valence-electron chi connectivity index (χ2n) is 7.54. The summed E-state index contributed by atoms with van der Waals surface area (Å²) in [5, 5.41) is 12.7. The lowest BCUT2D eigenvalue weighted by atomic mass is 9.98. The predicted octanol–water partition coefficient (Wildman–Crippen LogP) is 4.86. The van der Waals surface area contributed by atoms with Crippen molar-refractivity contribution in [1.29, 1.82) is 0 Å². The van der Waals surface area contributed by atoms with Gasteiger partial charge in [-0.05, 0) is 61.4 Å². The van der Waals surface area contributed by atoms with Crippen LogP contribution in [-0.4, -0.2) is 33.4 Å². The molecule has 3 heterocycles. The number of nitrogens with zero attached hydrogens (tertiary/aromatic N) is 5. The van der Waals surface area contributed by atoms with Gasteiger partial charge in [-0.1, -0.05) is 17.3 Å². The molecule has 2 aromatic carbocycles. The average Bonchev–Trinajstić information content (AvgIpc) is 3.30. The summed E-state index contributed by atoms with van der Waals surface area (Å²) in [7, 11) is 0. The van der Waals surface area contributed by atoms with Gasteiger partial charge in [-0.25, -0.2) is 8.78 Å². The molecule has 0 amide bonds. The lowest BCUT2D eigenvalue weighted by Gasteiger charge is -2.31. The summed E-state index contributed by atoms with van der Waals surface area (Å²) in [6, 6.07) is 16.1. The lowest BCUT2D eigenvalue weighted by Crippen LogP contribution is -2.35. The summed E-state index contributed by atoms with van der Waals surface area (Å²) >= 11 is 0. The van der Waals surface area contributed by atoms with Crippen LogP contribution in [0.1, 0.15) is 24.7 Å². The first-order chi connectivity index (χ1) is 15.2. The highest BCUT2D eigenvalue weighted by Gasteiger charge is 2.27. The van der Waals surface area contributed by atoms with E-state index in [9.17, 15) is 8.78 Å². The van der Waals surface area contributed by atoms with E-state index in [1.807, 2.05) is 12.1 Å². The second kappa shape index (κ2) is 8.22. The van der Waals surface area contributed by atoms with Crippen LogP contribution in [-0.2, 0) is 0 Å². The van der Waals surface area contributed by atoms with E-state index >= 15 is 0 Å². The first kappa shape index (κ1) is 19.3. The Morgan fingerprint density at radius 3 is 2.55 bits per heavy atom. The number of aromatic nitrogens is 4. The zero-order chi connectivity index (χ0) is 21.2. The number of halogens is 2. The van der Waals surface area contributed by atoms with E-state index in [2.05, 4.69) is 25.2 Å². The molecule has 0 radical (unpaired) electrons. The molecule has 1 saturated heterocycles. The van der Waals surface area contributed by atoms with Crippen LogP contribution in [0.4, 0.5) is 14.6 Å². The van der Waals surface area contributed by atoms with Gasteiger partial charge in [0.25, 0.3) is 0 Å². The summed E-state index contributed by atoms with van der Waals surface area (Å²) in [5.74, 6) is 1.13. The van der Waals surface area contributed by atoms with Crippen LogP contribution in [0.25, 0.3) is 22.6 Å². The van der Waals surface area contributed by atoms with Crippen LogP contribution in [0.3, 0.4) is 0 Å². The Hall–Kier alpha value is -3.68. The fraction of sp³-hybridized carbons (Fsp3) is 0.217. The second-order valence-corrected chi connectivity index (χ2v) is 7.54. The van der Waals surface area contributed by atoms with Crippen LogP contribution in [0.5, 0.6) is 0 Å². The molecule has 0 saturated carbocycles. The molecule has 1 unspecified atom stereocenters.